The van der Waals surface area contributed by atoms with Gasteiger partial charge in [-0.2, -0.15) is 0 Å². The van der Waals surface area contributed by atoms with E-state index in [0.717, 1.165) is 24.9 Å². The van der Waals surface area contributed by atoms with E-state index < -0.39 is 7.49 Å². The summed E-state index contributed by atoms with van der Waals surface area (Å²) in [5.41, 5.74) is 0. The molecule has 0 saturated carbocycles. The highest BCUT2D eigenvalue weighted by atomic mass is 31.2. The van der Waals surface area contributed by atoms with E-state index in [-0.39, 0.29) is 0 Å². The Balaban J connectivity index is 2.42. The molecule has 1 nitrogen and oxygen atoms in total. The molecule has 0 spiro atoms. The first-order chi connectivity index (χ1) is 5.70. The molecule has 2 atom stereocenters. The third kappa shape index (κ3) is 2.43. The van der Waals surface area contributed by atoms with Gasteiger partial charge >= 0.3 is 0 Å². The van der Waals surface area contributed by atoms with Crippen molar-refractivity contribution >= 4 is 7.49 Å². The molecule has 1 fully saturated rings. The van der Waals surface area contributed by atoms with Gasteiger partial charge in [-0.05, 0) is 38.6 Å². The first kappa shape index (κ1) is 9.95. The van der Waals surface area contributed by atoms with Gasteiger partial charge < -0.3 is 4.89 Å². The maximum absolute atomic E-state index is 10.1. The average Bonchev–Trinajstić information content (AvgIpc) is 2.34. The molecule has 0 aliphatic carbocycles. The Bertz CT molecular complexity index is 179. The van der Waals surface area contributed by atoms with Crippen molar-refractivity contribution in [2.45, 2.75) is 12.8 Å². The highest BCUT2D eigenvalue weighted by Crippen LogP contribution is 2.62. The van der Waals surface area contributed by atoms with Gasteiger partial charge in [0.1, 0.15) is 0 Å². The molecule has 0 amide bonds. The van der Waals surface area contributed by atoms with Crippen molar-refractivity contribution in [3.05, 3.63) is 25.3 Å². The predicted octanol–water partition coefficient (Wildman–Crippen LogP) is 2.69. The lowest BCUT2D eigenvalue weighted by molar-refractivity contribution is 0.590. The van der Waals surface area contributed by atoms with E-state index in [0.29, 0.717) is 5.92 Å². The van der Waals surface area contributed by atoms with Crippen LogP contribution in [-0.2, 0) is 0 Å². The highest BCUT2D eigenvalue weighted by molar-refractivity contribution is 7.70. The second-order valence-corrected chi connectivity index (χ2v) is 7.02. The molecular formula is C10H18OP. The van der Waals surface area contributed by atoms with Gasteiger partial charge in [-0.1, -0.05) is 12.2 Å². The fourth-order valence-corrected chi connectivity index (χ4v) is 5.05. The van der Waals surface area contributed by atoms with Crippen LogP contribution >= 0.6 is 7.49 Å². The zero-order chi connectivity index (χ0) is 9.03. The zero-order valence-corrected chi connectivity index (χ0v) is 8.47. The molecule has 2 unspecified atom stereocenters. The summed E-state index contributed by atoms with van der Waals surface area (Å²) >= 11 is 0. The topological polar surface area (TPSA) is 20.2 Å². The van der Waals surface area contributed by atoms with Crippen molar-refractivity contribution in [2.24, 2.45) is 5.92 Å². The Morgan fingerprint density at radius 1 is 1.42 bits per heavy atom. The summed E-state index contributed by atoms with van der Waals surface area (Å²) in [6.45, 7) is 7.42. The fourth-order valence-electron chi connectivity index (χ4n) is 1.92. The molecule has 2 heteroatoms. The fraction of sp³-hybridized carbons (Fsp3) is 0.600. The Kier molecular flexibility index (Phi) is 3.49. The molecule has 0 aromatic heterocycles. The molecule has 1 N–H and O–H groups in total. The summed E-state index contributed by atoms with van der Waals surface area (Å²) in [6.07, 6.45) is 9.01. The van der Waals surface area contributed by atoms with Gasteiger partial charge in [0.05, 0.1) is 0 Å². The third-order valence-electron chi connectivity index (χ3n) is 2.52. The maximum Gasteiger partial charge on any atom is 0.00412 e. The standard InChI is InChI=1S/C10H18OP/c1-3-5-10-6-8-12(11,9-10)7-4-2/h3-4,10-11H,1-2,5-9H2. The van der Waals surface area contributed by atoms with Crippen LogP contribution < -0.4 is 0 Å². The molecule has 1 aliphatic heterocycles. The lowest BCUT2D eigenvalue weighted by Crippen LogP contribution is -2.00. The molecule has 1 heterocycles. The summed E-state index contributed by atoms with van der Waals surface area (Å²) in [5, 5.41) is 0. The van der Waals surface area contributed by atoms with Gasteiger partial charge in [-0.25, -0.2) is 0 Å². The Labute approximate surface area is 75.6 Å². The molecule has 1 saturated heterocycles. The normalized spacial score (nSPS) is 34.9. The van der Waals surface area contributed by atoms with Crippen molar-refractivity contribution in [2.75, 3.05) is 18.5 Å². The van der Waals surface area contributed by atoms with E-state index in [2.05, 4.69) is 13.2 Å². The molecule has 0 aromatic rings. The summed E-state index contributed by atoms with van der Waals surface area (Å²) in [4.78, 5) is 10.1. The van der Waals surface area contributed by atoms with Crippen LogP contribution in [0, 0.1) is 5.92 Å². The lowest BCUT2D eigenvalue weighted by Gasteiger charge is -2.22. The molecular weight excluding hydrogens is 167 g/mol. The average molecular weight is 185 g/mol. The van der Waals surface area contributed by atoms with Crippen LogP contribution in [0.15, 0.2) is 25.3 Å². The summed E-state index contributed by atoms with van der Waals surface area (Å²) in [5.74, 6) is 0.695. The zero-order valence-electron chi connectivity index (χ0n) is 7.58. The molecule has 1 aliphatic rings. The van der Waals surface area contributed by atoms with Gasteiger partial charge in [0.2, 0.25) is 0 Å². The van der Waals surface area contributed by atoms with Crippen LogP contribution in [0.5, 0.6) is 0 Å². The van der Waals surface area contributed by atoms with Crippen molar-refractivity contribution in [3.63, 3.8) is 0 Å². The Morgan fingerprint density at radius 2 is 2.17 bits per heavy atom. The third-order valence-corrected chi connectivity index (χ3v) is 5.75. The number of allylic oxidation sites excluding steroid dienone is 2. The monoisotopic (exact) mass is 185 g/mol. The number of rotatable bonds is 4. The molecule has 1 rings (SSSR count). The van der Waals surface area contributed by atoms with E-state index in [4.69, 9.17) is 0 Å². The second kappa shape index (κ2) is 4.20. The van der Waals surface area contributed by atoms with E-state index in [9.17, 15) is 4.89 Å². The van der Waals surface area contributed by atoms with E-state index in [1.807, 2.05) is 12.2 Å². The molecule has 0 bridgehead atoms. The van der Waals surface area contributed by atoms with Crippen LogP contribution in [0.3, 0.4) is 0 Å². The van der Waals surface area contributed by atoms with Gasteiger partial charge in [0.15, 0.2) is 0 Å². The largest absolute Gasteiger partial charge is 0.380 e. The molecule has 69 valence electrons. The minimum Gasteiger partial charge on any atom is -0.380 e. The maximum atomic E-state index is 10.1. The smallest absolute Gasteiger partial charge is 0.00412 e. The summed E-state index contributed by atoms with van der Waals surface area (Å²) in [6, 6.07) is 0. The minimum atomic E-state index is -1.57. The summed E-state index contributed by atoms with van der Waals surface area (Å²) < 4.78 is 0. The molecule has 1 radical (unpaired) electrons. The van der Waals surface area contributed by atoms with Gasteiger partial charge in [0, 0.05) is 6.16 Å². The molecule has 0 aromatic carbocycles. The number of hydrogen-bond acceptors (Lipinski definition) is 1. The minimum absolute atomic E-state index is 0.695. The van der Waals surface area contributed by atoms with Crippen molar-refractivity contribution in [3.8, 4) is 0 Å². The van der Waals surface area contributed by atoms with Gasteiger partial charge in [-0.15, -0.1) is 13.2 Å². The SMILES string of the molecule is C=CCC1CC[P](O)(CC=C)C1. The Hall–Kier alpha value is -0.130. The van der Waals surface area contributed by atoms with Crippen LogP contribution in [0.1, 0.15) is 12.8 Å². The Morgan fingerprint density at radius 3 is 2.75 bits per heavy atom. The van der Waals surface area contributed by atoms with Crippen molar-refractivity contribution < 1.29 is 4.89 Å². The highest BCUT2D eigenvalue weighted by Gasteiger charge is 2.33. The summed E-state index contributed by atoms with van der Waals surface area (Å²) in [7, 11) is -1.57. The van der Waals surface area contributed by atoms with Crippen LogP contribution in [-0.4, -0.2) is 23.4 Å². The quantitative estimate of drug-likeness (QED) is 0.527. The van der Waals surface area contributed by atoms with Gasteiger partial charge in [-0.3, -0.25) is 0 Å². The van der Waals surface area contributed by atoms with E-state index >= 15 is 0 Å². The van der Waals surface area contributed by atoms with Crippen LogP contribution in [0.2, 0.25) is 0 Å². The second-order valence-electron chi connectivity index (χ2n) is 3.65. The lowest BCUT2D eigenvalue weighted by atomic mass is 10.1. The van der Waals surface area contributed by atoms with Crippen LogP contribution in [0.4, 0.5) is 0 Å². The first-order valence-electron chi connectivity index (χ1n) is 4.51. The molecule has 12 heavy (non-hydrogen) atoms. The van der Waals surface area contributed by atoms with Crippen molar-refractivity contribution in [1.29, 1.82) is 0 Å². The first-order valence-corrected chi connectivity index (χ1v) is 6.80. The van der Waals surface area contributed by atoms with Crippen LogP contribution in [0.25, 0.3) is 0 Å². The van der Waals surface area contributed by atoms with E-state index in [1.54, 1.807) is 0 Å². The van der Waals surface area contributed by atoms with E-state index in [1.165, 1.54) is 6.42 Å². The van der Waals surface area contributed by atoms with Crippen molar-refractivity contribution in [1.82, 2.24) is 0 Å². The number of hydrogen-bond donors (Lipinski definition) is 1. The van der Waals surface area contributed by atoms with Gasteiger partial charge in [0.25, 0.3) is 0 Å². The predicted molar refractivity (Wildman–Crippen MR) is 56.9 cm³/mol.